The summed E-state index contributed by atoms with van der Waals surface area (Å²) in [7, 11) is 0. The first-order valence-electron chi connectivity index (χ1n) is 5.63. The van der Waals surface area contributed by atoms with Gasteiger partial charge in [0.1, 0.15) is 0 Å². The fraction of sp³-hybridized carbons (Fsp3) is 0.818. The number of allylic oxidation sites excluding steroid dienone is 1. The lowest BCUT2D eigenvalue weighted by Gasteiger charge is -2.16. The Balaban J connectivity index is 2.09. The molecule has 2 nitrogen and oxygen atoms in total. The van der Waals surface area contributed by atoms with Crippen molar-refractivity contribution in [3.05, 3.63) is 11.6 Å². The first-order valence-corrected chi connectivity index (χ1v) is 5.63. The van der Waals surface area contributed by atoms with Gasteiger partial charge in [0, 0.05) is 6.54 Å². The van der Waals surface area contributed by atoms with Crippen molar-refractivity contribution in [2.45, 2.75) is 44.4 Å². The SMILES string of the molecule is OC(CNCCC1=CCCCC1)C(F)(F)F. The lowest BCUT2D eigenvalue weighted by Crippen LogP contribution is -2.38. The van der Waals surface area contributed by atoms with E-state index in [1.54, 1.807) is 0 Å². The highest BCUT2D eigenvalue weighted by Gasteiger charge is 2.37. The molecule has 0 saturated heterocycles. The molecule has 0 saturated carbocycles. The number of hydrogen-bond donors (Lipinski definition) is 2. The molecular formula is C11H18F3NO. The predicted molar refractivity (Wildman–Crippen MR) is 56.1 cm³/mol. The standard InChI is InChI=1S/C11H18F3NO/c12-11(13,14)10(16)8-15-7-6-9-4-2-1-3-5-9/h4,10,15-16H,1-3,5-8H2. The molecule has 0 radical (unpaired) electrons. The van der Waals surface area contributed by atoms with Gasteiger partial charge in [-0.05, 0) is 38.6 Å². The monoisotopic (exact) mass is 237 g/mol. The molecule has 0 spiro atoms. The van der Waals surface area contributed by atoms with Crippen LogP contribution in [0.2, 0.25) is 0 Å². The molecule has 2 N–H and O–H groups in total. The third kappa shape index (κ3) is 4.99. The van der Waals surface area contributed by atoms with E-state index in [4.69, 9.17) is 5.11 Å². The fourth-order valence-electron chi connectivity index (χ4n) is 1.74. The van der Waals surface area contributed by atoms with Crippen molar-refractivity contribution < 1.29 is 18.3 Å². The van der Waals surface area contributed by atoms with Crippen molar-refractivity contribution in [2.24, 2.45) is 0 Å². The summed E-state index contributed by atoms with van der Waals surface area (Å²) in [5.41, 5.74) is 1.32. The van der Waals surface area contributed by atoms with Gasteiger partial charge in [0.15, 0.2) is 6.10 Å². The highest BCUT2D eigenvalue weighted by atomic mass is 19.4. The molecule has 5 heteroatoms. The average molecular weight is 237 g/mol. The molecule has 0 fully saturated rings. The predicted octanol–water partition coefficient (Wildman–Crippen LogP) is 2.39. The van der Waals surface area contributed by atoms with Gasteiger partial charge < -0.3 is 10.4 Å². The summed E-state index contributed by atoms with van der Waals surface area (Å²) in [4.78, 5) is 0. The molecule has 1 atom stereocenters. The molecule has 0 aromatic heterocycles. The first-order chi connectivity index (χ1) is 7.50. The Kier molecular flexibility index (Phi) is 5.28. The molecule has 0 bridgehead atoms. The molecule has 1 aliphatic rings. The molecule has 16 heavy (non-hydrogen) atoms. The molecule has 0 heterocycles. The van der Waals surface area contributed by atoms with Crippen LogP contribution in [0.5, 0.6) is 0 Å². The van der Waals surface area contributed by atoms with E-state index in [2.05, 4.69) is 11.4 Å². The van der Waals surface area contributed by atoms with Crippen LogP contribution < -0.4 is 5.32 Å². The zero-order valence-electron chi connectivity index (χ0n) is 9.19. The van der Waals surface area contributed by atoms with E-state index in [-0.39, 0.29) is 0 Å². The highest BCUT2D eigenvalue weighted by Crippen LogP contribution is 2.20. The Morgan fingerprint density at radius 1 is 1.38 bits per heavy atom. The third-order valence-corrected chi connectivity index (χ3v) is 2.72. The number of aliphatic hydroxyl groups is 1. The smallest absolute Gasteiger partial charge is 0.382 e. The number of nitrogens with one attached hydrogen (secondary N) is 1. The Morgan fingerprint density at radius 3 is 2.69 bits per heavy atom. The molecule has 0 aromatic rings. The van der Waals surface area contributed by atoms with E-state index in [9.17, 15) is 13.2 Å². The van der Waals surface area contributed by atoms with Crippen molar-refractivity contribution in [3.8, 4) is 0 Å². The molecule has 0 amide bonds. The van der Waals surface area contributed by atoms with Gasteiger partial charge in [0.25, 0.3) is 0 Å². The largest absolute Gasteiger partial charge is 0.415 e. The maximum Gasteiger partial charge on any atom is 0.415 e. The molecular weight excluding hydrogens is 219 g/mol. The van der Waals surface area contributed by atoms with Crippen molar-refractivity contribution >= 4 is 0 Å². The Labute approximate surface area is 93.5 Å². The minimum absolute atomic E-state index is 0.420. The zero-order valence-corrected chi connectivity index (χ0v) is 9.19. The molecule has 0 aromatic carbocycles. The van der Waals surface area contributed by atoms with Crippen LogP contribution in [0.1, 0.15) is 32.1 Å². The normalized spacial score (nSPS) is 19.4. The van der Waals surface area contributed by atoms with Crippen LogP contribution >= 0.6 is 0 Å². The van der Waals surface area contributed by atoms with Crippen molar-refractivity contribution in [1.82, 2.24) is 5.32 Å². The van der Waals surface area contributed by atoms with Crippen molar-refractivity contribution in [2.75, 3.05) is 13.1 Å². The minimum atomic E-state index is -4.52. The summed E-state index contributed by atoms with van der Waals surface area (Å²) < 4.78 is 35.8. The first kappa shape index (κ1) is 13.5. The van der Waals surface area contributed by atoms with Crippen LogP contribution in [0, 0.1) is 0 Å². The summed E-state index contributed by atoms with van der Waals surface area (Å²) in [5.74, 6) is 0. The van der Waals surface area contributed by atoms with E-state index in [1.807, 2.05) is 0 Å². The van der Waals surface area contributed by atoms with Gasteiger partial charge in [-0.1, -0.05) is 11.6 Å². The van der Waals surface area contributed by atoms with Gasteiger partial charge in [-0.2, -0.15) is 13.2 Å². The van der Waals surface area contributed by atoms with Crippen molar-refractivity contribution in [3.63, 3.8) is 0 Å². The van der Waals surface area contributed by atoms with Crippen LogP contribution in [0.25, 0.3) is 0 Å². The Bertz CT molecular complexity index is 238. The third-order valence-electron chi connectivity index (χ3n) is 2.72. The Morgan fingerprint density at radius 2 is 2.12 bits per heavy atom. The van der Waals surface area contributed by atoms with E-state index in [0.29, 0.717) is 6.54 Å². The molecule has 1 rings (SSSR count). The Hall–Kier alpha value is -0.550. The van der Waals surface area contributed by atoms with Gasteiger partial charge in [-0.3, -0.25) is 0 Å². The van der Waals surface area contributed by atoms with Crippen LogP contribution in [0.15, 0.2) is 11.6 Å². The zero-order chi connectivity index (χ0) is 12.0. The second-order valence-corrected chi connectivity index (χ2v) is 4.12. The second-order valence-electron chi connectivity index (χ2n) is 4.12. The maximum atomic E-state index is 11.9. The summed E-state index contributed by atoms with van der Waals surface area (Å²) in [6.07, 6.45) is 0.713. The van der Waals surface area contributed by atoms with Crippen LogP contribution in [-0.2, 0) is 0 Å². The topological polar surface area (TPSA) is 32.3 Å². The summed E-state index contributed by atoms with van der Waals surface area (Å²) in [6, 6.07) is 0. The molecule has 0 aliphatic heterocycles. The van der Waals surface area contributed by atoms with Crippen molar-refractivity contribution in [1.29, 1.82) is 0 Å². The number of hydrogen-bond acceptors (Lipinski definition) is 2. The van der Waals surface area contributed by atoms with E-state index < -0.39 is 18.8 Å². The van der Waals surface area contributed by atoms with Crippen LogP contribution in [-0.4, -0.2) is 30.5 Å². The number of alkyl halides is 3. The van der Waals surface area contributed by atoms with Gasteiger partial charge in [0.05, 0.1) is 0 Å². The molecule has 1 aliphatic carbocycles. The van der Waals surface area contributed by atoms with Gasteiger partial charge in [0.2, 0.25) is 0 Å². The lowest BCUT2D eigenvalue weighted by atomic mass is 9.97. The molecule has 94 valence electrons. The van der Waals surface area contributed by atoms with Gasteiger partial charge in [-0.25, -0.2) is 0 Å². The van der Waals surface area contributed by atoms with Gasteiger partial charge >= 0.3 is 6.18 Å². The summed E-state index contributed by atoms with van der Waals surface area (Å²) in [6.45, 7) is 0.0791. The van der Waals surface area contributed by atoms with Crippen LogP contribution in [0.3, 0.4) is 0 Å². The average Bonchev–Trinajstić information content (AvgIpc) is 2.24. The highest BCUT2D eigenvalue weighted by molar-refractivity contribution is 5.05. The van der Waals surface area contributed by atoms with Crippen LogP contribution in [0.4, 0.5) is 13.2 Å². The number of halogens is 3. The quantitative estimate of drug-likeness (QED) is 0.568. The lowest BCUT2D eigenvalue weighted by molar-refractivity contribution is -0.201. The van der Waals surface area contributed by atoms with E-state index in [1.165, 1.54) is 18.4 Å². The second kappa shape index (κ2) is 6.25. The number of aliphatic hydroxyl groups excluding tert-OH is 1. The summed E-state index contributed by atoms with van der Waals surface area (Å²) in [5, 5.41) is 11.3. The summed E-state index contributed by atoms with van der Waals surface area (Å²) >= 11 is 0. The van der Waals surface area contributed by atoms with E-state index in [0.717, 1.165) is 19.3 Å². The van der Waals surface area contributed by atoms with E-state index >= 15 is 0 Å². The fourth-order valence-corrected chi connectivity index (χ4v) is 1.74. The molecule has 1 unspecified atom stereocenters. The number of rotatable bonds is 5. The van der Waals surface area contributed by atoms with Gasteiger partial charge in [-0.15, -0.1) is 0 Å². The minimum Gasteiger partial charge on any atom is -0.382 e. The maximum absolute atomic E-state index is 11.9.